The van der Waals surface area contributed by atoms with E-state index in [1.807, 2.05) is 37.2 Å². The number of hydrogen-bond acceptors (Lipinski definition) is 6. The molecular formula is C20H29ClN6OS. The number of benzene rings is 1. The molecule has 2 aromatic rings. The SMILES string of the molecule is CCNC(=NCc1csc(N(C)C)n1)NC1CCN(c2cc(Cl)ccc2OC)C1. The highest BCUT2D eigenvalue weighted by molar-refractivity contribution is 7.13. The average Bonchev–Trinajstić information content (AvgIpc) is 3.36. The van der Waals surface area contributed by atoms with Crippen LogP contribution in [0, 0.1) is 0 Å². The van der Waals surface area contributed by atoms with E-state index >= 15 is 0 Å². The molecule has 9 heteroatoms. The molecule has 1 aromatic carbocycles. The van der Waals surface area contributed by atoms with Gasteiger partial charge in [-0.25, -0.2) is 9.98 Å². The van der Waals surface area contributed by atoms with Crippen molar-refractivity contribution in [2.45, 2.75) is 25.9 Å². The molecule has 1 aromatic heterocycles. The first-order valence-electron chi connectivity index (χ1n) is 9.75. The molecule has 1 saturated heterocycles. The molecule has 0 saturated carbocycles. The number of aliphatic imine (C=N–C) groups is 1. The fourth-order valence-corrected chi connectivity index (χ4v) is 4.17. The van der Waals surface area contributed by atoms with Gasteiger partial charge >= 0.3 is 0 Å². The van der Waals surface area contributed by atoms with Gasteiger partial charge in [-0.3, -0.25) is 0 Å². The highest BCUT2D eigenvalue weighted by atomic mass is 35.5. The zero-order chi connectivity index (χ0) is 20.8. The molecule has 7 nitrogen and oxygen atoms in total. The maximum absolute atomic E-state index is 6.20. The van der Waals surface area contributed by atoms with Crippen molar-refractivity contribution in [1.29, 1.82) is 0 Å². The minimum Gasteiger partial charge on any atom is -0.495 e. The van der Waals surface area contributed by atoms with Crippen LogP contribution in [0.5, 0.6) is 5.75 Å². The first kappa shape index (κ1) is 21.5. The molecule has 3 rings (SSSR count). The smallest absolute Gasteiger partial charge is 0.191 e. The summed E-state index contributed by atoms with van der Waals surface area (Å²) in [4.78, 5) is 13.6. The van der Waals surface area contributed by atoms with Crippen LogP contribution < -0.4 is 25.2 Å². The van der Waals surface area contributed by atoms with Crippen LogP contribution >= 0.6 is 22.9 Å². The number of guanidine groups is 1. The van der Waals surface area contributed by atoms with Gasteiger partial charge in [0.05, 0.1) is 25.0 Å². The van der Waals surface area contributed by atoms with Crippen molar-refractivity contribution in [3.63, 3.8) is 0 Å². The molecule has 0 radical (unpaired) electrons. The molecule has 0 aliphatic carbocycles. The summed E-state index contributed by atoms with van der Waals surface area (Å²) < 4.78 is 5.51. The topological polar surface area (TPSA) is 65.0 Å². The van der Waals surface area contributed by atoms with E-state index in [-0.39, 0.29) is 0 Å². The summed E-state index contributed by atoms with van der Waals surface area (Å²) >= 11 is 7.83. The fraction of sp³-hybridized carbons (Fsp3) is 0.500. The molecule has 1 unspecified atom stereocenters. The van der Waals surface area contributed by atoms with E-state index in [1.165, 1.54) is 0 Å². The first-order valence-corrected chi connectivity index (χ1v) is 11.0. The molecule has 1 aliphatic heterocycles. The lowest BCUT2D eigenvalue weighted by molar-refractivity contribution is 0.415. The lowest BCUT2D eigenvalue weighted by Gasteiger charge is -2.22. The van der Waals surface area contributed by atoms with Gasteiger partial charge < -0.3 is 25.2 Å². The summed E-state index contributed by atoms with van der Waals surface area (Å²) in [6.07, 6.45) is 1.02. The fourth-order valence-electron chi connectivity index (χ4n) is 3.25. The number of rotatable bonds is 7. The Balaban J connectivity index is 1.63. The molecule has 29 heavy (non-hydrogen) atoms. The normalized spacial score (nSPS) is 16.8. The quantitative estimate of drug-likeness (QED) is 0.513. The molecule has 2 N–H and O–H groups in total. The highest BCUT2D eigenvalue weighted by Gasteiger charge is 2.25. The molecular weight excluding hydrogens is 408 g/mol. The molecule has 158 valence electrons. The number of ether oxygens (including phenoxy) is 1. The van der Waals surface area contributed by atoms with Crippen molar-refractivity contribution in [3.8, 4) is 5.75 Å². The van der Waals surface area contributed by atoms with Gasteiger partial charge in [0.2, 0.25) is 0 Å². The predicted molar refractivity (Wildman–Crippen MR) is 123 cm³/mol. The Kier molecular flexibility index (Phi) is 7.44. The number of methoxy groups -OCH3 is 1. The Labute approximate surface area is 181 Å². The van der Waals surface area contributed by atoms with Crippen LogP contribution in [0.4, 0.5) is 10.8 Å². The summed E-state index contributed by atoms with van der Waals surface area (Å²) in [5, 5.41) is 10.7. The van der Waals surface area contributed by atoms with Gasteiger partial charge in [-0.15, -0.1) is 11.3 Å². The van der Waals surface area contributed by atoms with Gasteiger partial charge in [0.15, 0.2) is 11.1 Å². The lowest BCUT2D eigenvalue weighted by atomic mass is 10.2. The Morgan fingerprint density at radius 1 is 1.45 bits per heavy atom. The van der Waals surface area contributed by atoms with Crippen LogP contribution in [0.1, 0.15) is 19.0 Å². The second-order valence-electron chi connectivity index (χ2n) is 7.10. The van der Waals surface area contributed by atoms with Crippen molar-refractivity contribution < 1.29 is 4.74 Å². The van der Waals surface area contributed by atoms with Crippen LogP contribution in [0.3, 0.4) is 0 Å². The van der Waals surface area contributed by atoms with E-state index in [0.717, 1.165) is 54.3 Å². The molecule has 0 spiro atoms. The molecule has 1 atom stereocenters. The molecule has 0 amide bonds. The van der Waals surface area contributed by atoms with Gasteiger partial charge in [-0.2, -0.15) is 0 Å². The van der Waals surface area contributed by atoms with Crippen LogP contribution in [-0.2, 0) is 6.54 Å². The summed E-state index contributed by atoms with van der Waals surface area (Å²) in [7, 11) is 5.69. The van der Waals surface area contributed by atoms with Crippen molar-refractivity contribution >= 4 is 39.7 Å². The van der Waals surface area contributed by atoms with E-state index in [1.54, 1.807) is 18.4 Å². The third-order valence-electron chi connectivity index (χ3n) is 4.68. The summed E-state index contributed by atoms with van der Waals surface area (Å²) in [6.45, 7) is 5.24. The minimum atomic E-state index is 0.296. The Hall–Kier alpha value is -2.19. The predicted octanol–water partition coefficient (Wildman–Crippen LogP) is 3.21. The number of aromatic nitrogens is 1. The van der Waals surface area contributed by atoms with Crippen molar-refractivity contribution in [2.75, 3.05) is 50.6 Å². The van der Waals surface area contributed by atoms with Crippen LogP contribution in [0.2, 0.25) is 5.02 Å². The zero-order valence-electron chi connectivity index (χ0n) is 17.4. The number of anilines is 2. The van der Waals surface area contributed by atoms with E-state index in [0.29, 0.717) is 17.6 Å². The number of nitrogens with one attached hydrogen (secondary N) is 2. The first-order chi connectivity index (χ1) is 14.0. The monoisotopic (exact) mass is 436 g/mol. The maximum atomic E-state index is 6.20. The number of hydrogen-bond donors (Lipinski definition) is 2. The van der Waals surface area contributed by atoms with Gasteiger partial charge in [0, 0.05) is 50.2 Å². The van der Waals surface area contributed by atoms with Gasteiger partial charge in [-0.1, -0.05) is 11.6 Å². The van der Waals surface area contributed by atoms with Crippen LogP contribution in [0.25, 0.3) is 0 Å². The van der Waals surface area contributed by atoms with E-state index < -0.39 is 0 Å². The Bertz CT molecular complexity index is 840. The average molecular weight is 437 g/mol. The lowest BCUT2D eigenvalue weighted by Crippen LogP contribution is -2.44. The van der Waals surface area contributed by atoms with Gasteiger partial charge in [-0.05, 0) is 31.5 Å². The van der Waals surface area contributed by atoms with Gasteiger partial charge in [0.25, 0.3) is 0 Å². The standard InChI is InChI=1S/C20H29ClN6OS/c1-5-22-19(23-11-16-13-29-20(25-16)26(2)3)24-15-8-9-27(12-15)17-10-14(21)6-7-18(17)28-4/h6-7,10,13,15H,5,8-9,11-12H2,1-4H3,(H2,22,23,24). The summed E-state index contributed by atoms with van der Waals surface area (Å²) in [5.74, 6) is 1.66. The third-order valence-corrected chi connectivity index (χ3v) is 5.97. The third kappa shape index (κ3) is 5.67. The maximum Gasteiger partial charge on any atom is 0.191 e. The number of thiazole rings is 1. The van der Waals surface area contributed by atoms with Crippen molar-refractivity contribution in [1.82, 2.24) is 15.6 Å². The summed E-state index contributed by atoms with van der Waals surface area (Å²) in [6, 6.07) is 6.03. The second kappa shape index (κ2) is 10.0. The molecule has 0 bridgehead atoms. The molecule has 2 heterocycles. The zero-order valence-corrected chi connectivity index (χ0v) is 19.0. The van der Waals surface area contributed by atoms with Crippen molar-refractivity contribution in [3.05, 3.63) is 34.3 Å². The minimum absolute atomic E-state index is 0.296. The van der Waals surface area contributed by atoms with Crippen LogP contribution in [-0.4, -0.2) is 57.8 Å². The van der Waals surface area contributed by atoms with E-state index in [4.69, 9.17) is 21.3 Å². The van der Waals surface area contributed by atoms with Crippen molar-refractivity contribution in [2.24, 2.45) is 4.99 Å². The molecule has 1 aliphatic rings. The Morgan fingerprint density at radius 3 is 2.97 bits per heavy atom. The largest absolute Gasteiger partial charge is 0.495 e. The summed E-state index contributed by atoms with van der Waals surface area (Å²) in [5.41, 5.74) is 2.01. The number of halogens is 1. The number of nitrogens with zero attached hydrogens (tertiary/aromatic N) is 4. The van der Waals surface area contributed by atoms with E-state index in [9.17, 15) is 0 Å². The van der Waals surface area contributed by atoms with E-state index in [2.05, 4.69) is 32.8 Å². The Morgan fingerprint density at radius 2 is 2.28 bits per heavy atom. The van der Waals surface area contributed by atoms with Gasteiger partial charge in [0.1, 0.15) is 5.75 Å². The molecule has 1 fully saturated rings. The highest BCUT2D eigenvalue weighted by Crippen LogP contribution is 2.33. The second-order valence-corrected chi connectivity index (χ2v) is 8.38. The van der Waals surface area contributed by atoms with Crippen LogP contribution in [0.15, 0.2) is 28.6 Å².